The van der Waals surface area contributed by atoms with Crippen molar-refractivity contribution in [3.63, 3.8) is 0 Å². The van der Waals surface area contributed by atoms with Gasteiger partial charge in [0.1, 0.15) is 0 Å². The van der Waals surface area contributed by atoms with E-state index >= 15 is 0 Å². The molecular weight excluding hydrogens is 232 g/mol. The van der Waals surface area contributed by atoms with Crippen LogP contribution in [0.5, 0.6) is 0 Å². The molecule has 1 saturated heterocycles. The fraction of sp³-hybridized carbons (Fsp3) is 0.923. The topological polar surface area (TPSA) is 70.6 Å². The van der Waals surface area contributed by atoms with E-state index in [0.29, 0.717) is 19.8 Å². The Morgan fingerprint density at radius 1 is 1.39 bits per heavy atom. The Labute approximate surface area is 109 Å². The molecule has 0 spiro atoms. The van der Waals surface area contributed by atoms with Crippen LogP contribution in [0, 0.1) is 5.41 Å². The highest BCUT2D eigenvalue weighted by Crippen LogP contribution is 2.34. The van der Waals surface area contributed by atoms with Crippen molar-refractivity contribution >= 4 is 5.91 Å². The van der Waals surface area contributed by atoms with Crippen molar-refractivity contribution in [2.75, 3.05) is 39.5 Å². The van der Waals surface area contributed by atoms with Gasteiger partial charge in [-0.1, -0.05) is 13.3 Å². The van der Waals surface area contributed by atoms with E-state index in [-0.39, 0.29) is 17.9 Å². The number of hydrogen-bond acceptors (Lipinski definition) is 4. The molecule has 0 aromatic rings. The van der Waals surface area contributed by atoms with E-state index in [0.717, 1.165) is 38.8 Å². The van der Waals surface area contributed by atoms with Crippen molar-refractivity contribution < 1.29 is 14.6 Å². The second-order valence-corrected chi connectivity index (χ2v) is 4.87. The maximum Gasteiger partial charge on any atom is 0.226 e. The standard InChI is InChI=1S/C13H26N2O3/c1-2-3-13(4-6-14-7-5-13)12(17)15-8-10-18-11-9-16/h14,16H,2-11H2,1H3,(H,15,17). The minimum atomic E-state index is -0.184. The summed E-state index contributed by atoms with van der Waals surface area (Å²) >= 11 is 0. The molecule has 1 heterocycles. The predicted molar refractivity (Wildman–Crippen MR) is 70.4 cm³/mol. The normalized spacial score (nSPS) is 18.6. The average molecular weight is 258 g/mol. The monoisotopic (exact) mass is 258 g/mol. The smallest absolute Gasteiger partial charge is 0.226 e. The molecule has 1 aliphatic heterocycles. The number of piperidine rings is 1. The summed E-state index contributed by atoms with van der Waals surface area (Å²) in [6.45, 7) is 5.33. The van der Waals surface area contributed by atoms with E-state index in [4.69, 9.17) is 9.84 Å². The zero-order valence-electron chi connectivity index (χ0n) is 11.3. The summed E-state index contributed by atoms with van der Waals surface area (Å²) in [5.74, 6) is 0.165. The lowest BCUT2D eigenvalue weighted by molar-refractivity contribution is -0.133. The van der Waals surface area contributed by atoms with Crippen molar-refractivity contribution in [1.29, 1.82) is 0 Å². The van der Waals surface area contributed by atoms with Crippen LogP contribution in [0.1, 0.15) is 32.6 Å². The fourth-order valence-corrected chi connectivity index (χ4v) is 2.57. The van der Waals surface area contributed by atoms with Gasteiger partial charge in [-0.2, -0.15) is 0 Å². The Hall–Kier alpha value is -0.650. The molecule has 1 fully saturated rings. The molecule has 1 aliphatic rings. The van der Waals surface area contributed by atoms with E-state index in [1.807, 2.05) is 0 Å². The summed E-state index contributed by atoms with van der Waals surface area (Å²) in [5.41, 5.74) is -0.184. The van der Waals surface area contributed by atoms with E-state index in [9.17, 15) is 4.79 Å². The number of aliphatic hydroxyl groups excluding tert-OH is 1. The maximum atomic E-state index is 12.3. The van der Waals surface area contributed by atoms with Gasteiger partial charge in [-0.05, 0) is 32.4 Å². The molecule has 1 amide bonds. The van der Waals surface area contributed by atoms with Crippen LogP contribution in [0.3, 0.4) is 0 Å². The van der Waals surface area contributed by atoms with Crippen molar-refractivity contribution in [3.8, 4) is 0 Å². The average Bonchev–Trinajstić information content (AvgIpc) is 2.39. The van der Waals surface area contributed by atoms with Crippen LogP contribution in [0.15, 0.2) is 0 Å². The van der Waals surface area contributed by atoms with Gasteiger partial charge < -0.3 is 20.5 Å². The molecular formula is C13H26N2O3. The molecule has 3 N–H and O–H groups in total. The second kappa shape index (κ2) is 8.45. The summed E-state index contributed by atoms with van der Waals surface area (Å²) in [5, 5.41) is 14.8. The molecule has 0 saturated carbocycles. The SMILES string of the molecule is CCCC1(C(=O)NCCOCCO)CCNCC1. The van der Waals surface area contributed by atoms with Crippen LogP contribution in [-0.2, 0) is 9.53 Å². The first-order valence-corrected chi connectivity index (χ1v) is 6.93. The summed E-state index contributed by atoms with van der Waals surface area (Å²) in [4.78, 5) is 12.3. The molecule has 0 atom stereocenters. The van der Waals surface area contributed by atoms with Crippen LogP contribution in [0.2, 0.25) is 0 Å². The van der Waals surface area contributed by atoms with Crippen molar-refractivity contribution in [2.24, 2.45) is 5.41 Å². The second-order valence-electron chi connectivity index (χ2n) is 4.87. The third-order valence-corrected chi connectivity index (χ3v) is 3.54. The molecule has 0 bridgehead atoms. The number of amides is 1. The Morgan fingerprint density at radius 3 is 2.72 bits per heavy atom. The first-order chi connectivity index (χ1) is 8.75. The number of hydrogen-bond donors (Lipinski definition) is 3. The molecule has 1 rings (SSSR count). The van der Waals surface area contributed by atoms with Gasteiger partial charge in [-0.3, -0.25) is 4.79 Å². The van der Waals surface area contributed by atoms with E-state index in [2.05, 4.69) is 17.6 Å². The molecule has 0 radical (unpaired) electrons. The maximum absolute atomic E-state index is 12.3. The number of carbonyl (C=O) groups is 1. The summed E-state index contributed by atoms with van der Waals surface area (Å²) in [7, 11) is 0. The molecule has 0 unspecified atom stereocenters. The lowest BCUT2D eigenvalue weighted by Crippen LogP contribution is -2.48. The summed E-state index contributed by atoms with van der Waals surface area (Å²) < 4.78 is 5.14. The molecule has 0 aromatic heterocycles. The Morgan fingerprint density at radius 2 is 2.11 bits per heavy atom. The van der Waals surface area contributed by atoms with Gasteiger partial charge in [-0.25, -0.2) is 0 Å². The largest absolute Gasteiger partial charge is 0.394 e. The minimum Gasteiger partial charge on any atom is -0.394 e. The van der Waals surface area contributed by atoms with Gasteiger partial charge >= 0.3 is 0 Å². The first-order valence-electron chi connectivity index (χ1n) is 6.93. The molecule has 5 heteroatoms. The molecule has 0 aliphatic carbocycles. The van der Waals surface area contributed by atoms with Gasteiger partial charge in [-0.15, -0.1) is 0 Å². The molecule has 18 heavy (non-hydrogen) atoms. The molecule has 0 aromatic carbocycles. The van der Waals surface area contributed by atoms with E-state index in [1.54, 1.807) is 0 Å². The van der Waals surface area contributed by atoms with Gasteiger partial charge in [0.15, 0.2) is 0 Å². The van der Waals surface area contributed by atoms with Crippen LogP contribution in [0.25, 0.3) is 0 Å². The minimum absolute atomic E-state index is 0.0272. The lowest BCUT2D eigenvalue weighted by Gasteiger charge is -2.36. The van der Waals surface area contributed by atoms with Crippen LogP contribution < -0.4 is 10.6 Å². The van der Waals surface area contributed by atoms with E-state index in [1.165, 1.54) is 0 Å². The number of carbonyl (C=O) groups excluding carboxylic acids is 1. The number of rotatable bonds is 8. The number of ether oxygens (including phenoxy) is 1. The Balaban J connectivity index is 2.35. The first kappa shape index (κ1) is 15.4. The highest BCUT2D eigenvalue weighted by molar-refractivity contribution is 5.82. The van der Waals surface area contributed by atoms with Gasteiger partial charge in [0.2, 0.25) is 5.91 Å². The predicted octanol–water partition coefficient (Wildman–Crippen LogP) is 0.281. The summed E-state index contributed by atoms with van der Waals surface area (Å²) in [6, 6.07) is 0. The molecule has 5 nitrogen and oxygen atoms in total. The third kappa shape index (κ3) is 4.55. The quantitative estimate of drug-likeness (QED) is 0.547. The molecule has 106 valence electrons. The van der Waals surface area contributed by atoms with Crippen molar-refractivity contribution in [2.45, 2.75) is 32.6 Å². The summed E-state index contributed by atoms with van der Waals surface area (Å²) in [6.07, 6.45) is 3.83. The van der Waals surface area contributed by atoms with Gasteiger partial charge in [0.05, 0.1) is 25.2 Å². The van der Waals surface area contributed by atoms with Crippen LogP contribution in [0.4, 0.5) is 0 Å². The fourth-order valence-electron chi connectivity index (χ4n) is 2.57. The highest BCUT2D eigenvalue weighted by atomic mass is 16.5. The zero-order valence-corrected chi connectivity index (χ0v) is 11.3. The van der Waals surface area contributed by atoms with Gasteiger partial charge in [0.25, 0.3) is 0 Å². The zero-order chi connectivity index (χ0) is 13.3. The van der Waals surface area contributed by atoms with Crippen LogP contribution >= 0.6 is 0 Å². The van der Waals surface area contributed by atoms with Crippen LogP contribution in [-0.4, -0.2) is 50.5 Å². The Bertz CT molecular complexity index is 235. The van der Waals surface area contributed by atoms with E-state index < -0.39 is 0 Å². The van der Waals surface area contributed by atoms with Crippen molar-refractivity contribution in [1.82, 2.24) is 10.6 Å². The third-order valence-electron chi connectivity index (χ3n) is 3.54. The Kier molecular flexibility index (Phi) is 7.23. The number of aliphatic hydroxyl groups is 1. The highest BCUT2D eigenvalue weighted by Gasteiger charge is 2.38. The van der Waals surface area contributed by atoms with Gasteiger partial charge in [0, 0.05) is 6.54 Å². The van der Waals surface area contributed by atoms with Crippen molar-refractivity contribution in [3.05, 3.63) is 0 Å². The lowest BCUT2D eigenvalue weighted by atomic mass is 9.74. The number of nitrogens with one attached hydrogen (secondary N) is 2.